The molecule has 2 unspecified atom stereocenters. The highest BCUT2D eigenvalue weighted by atomic mass is 19.1. The van der Waals surface area contributed by atoms with Crippen molar-refractivity contribution in [3.8, 4) is 0 Å². The lowest BCUT2D eigenvalue weighted by atomic mass is 9.93. The molecule has 3 heteroatoms. The van der Waals surface area contributed by atoms with Crippen LogP contribution < -0.4 is 10.2 Å². The first-order valence-electron chi connectivity index (χ1n) is 5.88. The van der Waals surface area contributed by atoms with Crippen molar-refractivity contribution in [3.63, 3.8) is 0 Å². The van der Waals surface area contributed by atoms with Crippen molar-refractivity contribution in [2.45, 2.75) is 19.4 Å². The maximum Gasteiger partial charge on any atom is 0.146 e. The van der Waals surface area contributed by atoms with E-state index in [2.05, 4.69) is 17.1 Å². The summed E-state index contributed by atoms with van der Waals surface area (Å²) >= 11 is 0. The van der Waals surface area contributed by atoms with Gasteiger partial charge in [0.05, 0.1) is 5.69 Å². The molecule has 1 aromatic carbocycles. The van der Waals surface area contributed by atoms with Gasteiger partial charge in [-0.1, -0.05) is 19.1 Å². The van der Waals surface area contributed by atoms with E-state index in [1.54, 1.807) is 6.07 Å². The highest BCUT2D eigenvalue weighted by Crippen LogP contribution is 2.25. The monoisotopic (exact) mass is 222 g/mol. The third-order valence-corrected chi connectivity index (χ3v) is 3.47. The van der Waals surface area contributed by atoms with Crippen LogP contribution in [-0.2, 0) is 0 Å². The quantitative estimate of drug-likeness (QED) is 0.825. The number of nitrogens with zero attached hydrogens (tertiary/aromatic N) is 1. The van der Waals surface area contributed by atoms with Crippen LogP contribution in [0, 0.1) is 11.7 Å². The van der Waals surface area contributed by atoms with Gasteiger partial charge in [-0.25, -0.2) is 4.39 Å². The average molecular weight is 222 g/mol. The molecule has 1 fully saturated rings. The maximum absolute atomic E-state index is 13.7. The Balaban J connectivity index is 2.17. The van der Waals surface area contributed by atoms with Crippen LogP contribution in [0.25, 0.3) is 0 Å². The molecule has 1 aliphatic heterocycles. The molecule has 0 radical (unpaired) electrons. The Labute approximate surface area is 96.5 Å². The lowest BCUT2D eigenvalue weighted by molar-refractivity contribution is 0.338. The van der Waals surface area contributed by atoms with Gasteiger partial charge in [-0.05, 0) is 37.6 Å². The Morgan fingerprint density at radius 2 is 2.12 bits per heavy atom. The van der Waals surface area contributed by atoms with Crippen molar-refractivity contribution in [1.82, 2.24) is 5.32 Å². The number of hydrogen-bond acceptors (Lipinski definition) is 2. The summed E-state index contributed by atoms with van der Waals surface area (Å²) in [5.74, 6) is 0.425. The van der Waals surface area contributed by atoms with Gasteiger partial charge >= 0.3 is 0 Å². The van der Waals surface area contributed by atoms with E-state index < -0.39 is 0 Å². The zero-order chi connectivity index (χ0) is 11.5. The van der Waals surface area contributed by atoms with Crippen molar-refractivity contribution < 1.29 is 4.39 Å². The predicted molar refractivity (Wildman–Crippen MR) is 65.2 cm³/mol. The molecule has 1 heterocycles. The second-order valence-electron chi connectivity index (χ2n) is 4.60. The largest absolute Gasteiger partial charge is 0.369 e. The molecule has 2 nitrogen and oxygen atoms in total. The zero-order valence-corrected chi connectivity index (χ0v) is 9.91. The fraction of sp³-hybridized carbons (Fsp3) is 0.538. The van der Waals surface area contributed by atoms with Gasteiger partial charge in [0.15, 0.2) is 0 Å². The molecule has 1 N–H and O–H groups in total. The number of rotatable bonds is 2. The molecule has 16 heavy (non-hydrogen) atoms. The molecule has 2 rings (SSSR count). The van der Waals surface area contributed by atoms with Crippen molar-refractivity contribution in [1.29, 1.82) is 0 Å². The van der Waals surface area contributed by atoms with Gasteiger partial charge in [-0.2, -0.15) is 0 Å². The van der Waals surface area contributed by atoms with Crippen LogP contribution in [-0.4, -0.2) is 26.2 Å². The topological polar surface area (TPSA) is 15.3 Å². The van der Waals surface area contributed by atoms with Crippen LogP contribution in [0.1, 0.15) is 13.3 Å². The van der Waals surface area contributed by atoms with Crippen LogP contribution >= 0.6 is 0 Å². The summed E-state index contributed by atoms with van der Waals surface area (Å²) in [6.07, 6.45) is 1.08. The number of benzene rings is 1. The first-order chi connectivity index (χ1) is 7.70. The number of halogens is 1. The molecule has 0 saturated carbocycles. The van der Waals surface area contributed by atoms with Crippen LogP contribution in [0.2, 0.25) is 0 Å². The number of nitrogens with one attached hydrogen (secondary N) is 1. The van der Waals surface area contributed by atoms with E-state index in [9.17, 15) is 4.39 Å². The SMILES string of the molecule is CC1CNCCC1N(C)c1ccccc1F. The van der Waals surface area contributed by atoms with E-state index in [-0.39, 0.29) is 5.82 Å². The predicted octanol–water partition coefficient (Wildman–Crippen LogP) is 2.26. The van der Waals surface area contributed by atoms with Gasteiger partial charge < -0.3 is 10.2 Å². The number of hydrogen-bond donors (Lipinski definition) is 1. The van der Waals surface area contributed by atoms with E-state index >= 15 is 0 Å². The third-order valence-electron chi connectivity index (χ3n) is 3.47. The summed E-state index contributed by atoms with van der Waals surface area (Å²) in [5.41, 5.74) is 0.709. The van der Waals surface area contributed by atoms with Gasteiger partial charge in [0.2, 0.25) is 0 Å². The van der Waals surface area contributed by atoms with E-state index in [1.165, 1.54) is 6.07 Å². The Hall–Kier alpha value is -1.09. The summed E-state index contributed by atoms with van der Waals surface area (Å²) in [4.78, 5) is 2.08. The van der Waals surface area contributed by atoms with Gasteiger partial charge in [0.1, 0.15) is 5.82 Å². The van der Waals surface area contributed by atoms with Gasteiger partial charge in [-0.15, -0.1) is 0 Å². The molecule has 1 aliphatic rings. The molecule has 0 spiro atoms. The Morgan fingerprint density at radius 3 is 2.81 bits per heavy atom. The first kappa shape index (κ1) is 11.4. The molecule has 88 valence electrons. The smallest absolute Gasteiger partial charge is 0.146 e. The molecule has 0 aliphatic carbocycles. The minimum Gasteiger partial charge on any atom is -0.369 e. The van der Waals surface area contributed by atoms with Crippen LogP contribution in [0.3, 0.4) is 0 Å². The van der Waals surface area contributed by atoms with Gasteiger partial charge in [-0.3, -0.25) is 0 Å². The number of para-hydroxylation sites is 1. The Kier molecular flexibility index (Phi) is 3.44. The second kappa shape index (κ2) is 4.83. The molecule has 2 atom stereocenters. The highest BCUT2D eigenvalue weighted by Gasteiger charge is 2.25. The first-order valence-corrected chi connectivity index (χ1v) is 5.88. The minimum atomic E-state index is -0.129. The van der Waals surface area contributed by atoms with Crippen molar-refractivity contribution >= 4 is 5.69 Å². The Morgan fingerprint density at radius 1 is 1.38 bits per heavy atom. The summed E-state index contributed by atoms with van der Waals surface area (Å²) < 4.78 is 13.7. The fourth-order valence-electron chi connectivity index (χ4n) is 2.49. The summed E-state index contributed by atoms with van der Waals surface area (Å²) in [6.45, 7) is 4.26. The van der Waals surface area contributed by atoms with Crippen LogP contribution in [0.5, 0.6) is 0 Å². The third kappa shape index (κ3) is 2.19. The van der Waals surface area contributed by atoms with Crippen molar-refractivity contribution in [3.05, 3.63) is 30.1 Å². The van der Waals surface area contributed by atoms with Crippen molar-refractivity contribution in [2.24, 2.45) is 5.92 Å². The number of anilines is 1. The van der Waals surface area contributed by atoms with E-state index in [4.69, 9.17) is 0 Å². The van der Waals surface area contributed by atoms with Gasteiger partial charge in [0.25, 0.3) is 0 Å². The van der Waals surface area contributed by atoms with E-state index in [1.807, 2.05) is 19.2 Å². The molecule has 0 aromatic heterocycles. The summed E-state index contributed by atoms with van der Waals surface area (Å²) in [6, 6.07) is 7.43. The summed E-state index contributed by atoms with van der Waals surface area (Å²) in [7, 11) is 1.99. The molecule has 1 saturated heterocycles. The van der Waals surface area contributed by atoms with Gasteiger partial charge in [0, 0.05) is 13.1 Å². The lowest BCUT2D eigenvalue weighted by Crippen LogP contribution is -2.47. The van der Waals surface area contributed by atoms with Crippen LogP contribution in [0.15, 0.2) is 24.3 Å². The Bertz CT molecular complexity index is 354. The van der Waals surface area contributed by atoms with E-state index in [0.717, 1.165) is 19.5 Å². The van der Waals surface area contributed by atoms with E-state index in [0.29, 0.717) is 17.6 Å². The standard InChI is InChI=1S/C13H19FN2/c1-10-9-15-8-7-12(10)16(2)13-6-4-3-5-11(13)14/h3-6,10,12,15H,7-9H2,1-2H3. The molecular weight excluding hydrogens is 203 g/mol. The van der Waals surface area contributed by atoms with Crippen LogP contribution in [0.4, 0.5) is 10.1 Å². The number of piperidine rings is 1. The summed E-state index contributed by atoms with van der Waals surface area (Å²) in [5, 5.41) is 3.37. The fourth-order valence-corrected chi connectivity index (χ4v) is 2.49. The molecule has 0 bridgehead atoms. The zero-order valence-electron chi connectivity index (χ0n) is 9.91. The maximum atomic E-state index is 13.7. The normalized spacial score (nSPS) is 25.4. The molecule has 0 amide bonds. The lowest BCUT2D eigenvalue weighted by Gasteiger charge is -2.38. The average Bonchev–Trinajstić information content (AvgIpc) is 2.29. The second-order valence-corrected chi connectivity index (χ2v) is 4.60. The highest BCUT2D eigenvalue weighted by molar-refractivity contribution is 5.48. The minimum absolute atomic E-state index is 0.129. The van der Waals surface area contributed by atoms with Crippen molar-refractivity contribution in [2.75, 3.05) is 25.0 Å². The molecule has 1 aromatic rings. The molecular formula is C13H19FN2.